The molecule has 0 aliphatic rings. The van der Waals surface area contributed by atoms with Gasteiger partial charge >= 0.3 is 0 Å². The van der Waals surface area contributed by atoms with E-state index in [0.29, 0.717) is 0 Å². The summed E-state index contributed by atoms with van der Waals surface area (Å²) >= 11 is 0. The summed E-state index contributed by atoms with van der Waals surface area (Å²) in [5, 5.41) is 3.06. The van der Waals surface area contributed by atoms with Crippen LogP contribution in [0.15, 0.2) is 0 Å². The molecule has 0 saturated heterocycles. The first kappa shape index (κ1) is 11.9. The largest absolute Gasteiger partial charge is 0.362 e. The third kappa shape index (κ3) is 5.52. The van der Waals surface area contributed by atoms with Crippen molar-refractivity contribution in [2.45, 2.75) is 26.0 Å². The minimum Gasteiger partial charge on any atom is -0.362 e. The number of rotatable bonds is 7. The molecule has 0 bridgehead atoms. The zero-order valence-corrected chi connectivity index (χ0v) is 8.76. The lowest BCUT2D eigenvalue weighted by Crippen LogP contribution is -2.32. The smallest absolute Gasteiger partial charge is 0.110 e. The fourth-order valence-corrected chi connectivity index (χ4v) is 1.03. The van der Waals surface area contributed by atoms with Crippen molar-refractivity contribution in [1.82, 2.24) is 10.2 Å². The Hall–Kier alpha value is -0.120. The monoisotopic (exact) mass is 174 g/mol. The van der Waals surface area contributed by atoms with Crippen LogP contribution in [-0.4, -0.2) is 45.4 Å². The lowest BCUT2D eigenvalue weighted by atomic mass is 10.3. The lowest BCUT2D eigenvalue weighted by molar-refractivity contribution is -0.0390. The molecule has 12 heavy (non-hydrogen) atoms. The van der Waals surface area contributed by atoms with Crippen molar-refractivity contribution in [3.63, 3.8) is 0 Å². The minimum absolute atomic E-state index is 0.281. The van der Waals surface area contributed by atoms with Crippen LogP contribution in [0.3, 0.4) is 0 Å². The molecule has 0 saturated carbocycles. The first-order chi connectivity index (χ1) is 5.72. The van der Waals surface area contributed by atoms with Crippen molar-refractivity contribution < 1.29 is 4.74 Å². The van der Waals surface area contributed by atoms with Crippen molar-refractivity contribution in [3.05, 3.63) is 0 Å². The first-order valence-electron chi connectivity index (χ1n) is 4.65. The van der Waals surface area contributed by atoms with Gasteiger partial charge in [0.05, 0.1) is 6.61 Å². The molecule has 74 valence electrons. The van der Waals surface area contributed by atoms with Gasteiger partial charge in [-0.25, -0.2) is 0 Å². The molecule has 0 aliphatic heterocycles. The van der Waals surface area contributed by atoms with Crippen LogP contribution in [0.5, 0.6) is 0 Å². The van der Waals surface area contributed by atoms with E-state index >= 15 is 0 Å². The zero-order valence-electron chi connectivity index (χ0n) is 8.76. The summed E-state index contributed by atoms with van der Waals surface area (Å²) in [7, 11) is 6.05. The molecule has 3 nitrogen and oxygen atoms in total. The number of hydrogen-bond donors (Lipinski definition) is 1. The second kappa shape index (κ2) is 7.53. The molecule has 1 unspecified atom stereocenters. The SMILES string of the molecule is CCCC(OCCNC)N(C)C. The van der Waals surface area contributed by atoms with Crippen molar-refractivity contribution in [1.29, 1.82) is 0 Å². The molecular formula is C9H22N2O. The molecule has 0 radical (unpaired) electrons. The first-order valence-corrected chi connectivity index (χ1v) is 4.65. The molecule has 0 aromatic carbocycles. The van der Waals surface area contributed by atoms with Crippen molar-refractivity contribution in [3.8, 4) is 0 Å². The molecule has 0 heterocycles. The van der Waals surface area contributed by atoms with Crippen molar-refractivity contribution in [2.75, 3.05) is 34.3 Å². The van der Waals surface area contributed by atoms with Gasteiger partial charge in [-0.2, -0.15) is 0 Å². The fourth-order valence-electron chi connectivity index (χ4n) is 1.03. The Balaban J connectivity index is 3.49. The van der Waals surface area contributed by atoms with Gasteiger partial charge in [-0.15, -0.1) is 0 Å². The van der Waals surface area contributed by atoms with Crippen molar-refractivity contribution in [2.24, 2.45) is 0 Å². The van der Waals surface area contributed by atoms with Crippen LogP contribution in [0.1, 0.15) is 19.8 Å². The molecule has 0 fully saturated rings. The molecule has 1 atom stereocenters. The summed E-state index contributed by atoms with van der Waals surface area (Å²) in [6.45, 7) is 3.89. The summed E-state index contributed by atoms with van der Waals surface area (Å²) in [5.41, 5.74) is 0. The predicted molar refractivity (Wildman–Crippen MR) is 52.3 cm³/mol. The maximum atomic E-state index is 5.65. The fraction of sp³-hybridized carbons (Fsp3) is 1.00. The molecule has 0 aromatic heterocycles. The highest BCUT2D eigenvalue weighted by Crippen LogP contribution is 2.03. The third-order valence-electron chi connectivity index (χ3n) is 1.77. The maximum absolute atomic E-state index is 5.65. The van der Waals surface area contributed by atoms with Gasteiger partial charge in [-0.05, 0) is 27.6 Å². The van der Waals surface area contributed by atoms with Crippen LogP contribution in [0.2, 0.25) is 0 Å². The van der Waals surface area contributed by atoms with Gasteiger partial charge in [0.15, 0.2) is 0 Å². The Labute approximate surface area is 76.1 Å². The zero-order chi connectivity index (χ0) is 9.40. The molecule has 3 heteroatoms. The summed E-state index contributed by atoms with van der Waals surface area (Å²) in [4.78, 5) is 2.12. The van der Waals surface area contributed by atoms with E-state index in [2.05, 4.69) is 31.2 Å². The Morgan fingerprint density at radius 1 is 1.42 bits per heavy atom. The topological polar surface area (TPSA) is 24.5 Å². The molecule has 0 rings (SSSR count). The van der Waals surface area contributed by atoms with Crippen LogP contribution in [0.4, 0.5) is 0 Å². The Morgan fingerprint density at radius 2 is 2.08 bits per heavy atom. The Kier molecular flexibility index (Phi) is 7.45. The van der Waals surface area contributed by atoms with Gasteiger partial charge in [-0.3, -0.25) is 4.90 Å². The third-order valence-corrected chi connectivity index (χ3v) is 1.77. The van der Waals surface area contributed by atoms with E-state index in [9.17, 15) is 0 Å². The van der Waals surface area contributed by atoms with E-state index in [1.165, 1.54) is 6.42 Å². The summed E-state index contributed by atoms with van der Waals surface area (Å²) in [6.07, 6.45) is 2.56. The van der Waals surface area contributed by atoms with Crippen LogP contribution in [0.25, 0.3) is 0 Å². The van der Waals surface area contributed by atoms with E-state index in [0.717, 1.165) is 19.6 Å². The quantitative estimate of drug-likeness (QED) is 0.458. The molecule has 0 aliphatic carbocycles. The number of likely N-dealkylation sites (N-methyl/N-ethyl adjacent to an activating group) is 1. The summed E-state index contributed by atoms with van der Waals surface area (Å²) < 4.78 is 5.65. The highest BCUT2D eigenvalue weighted by molar-refractivity contribution is 4.53. The molecule has 0 amide bonds. The minimum atomic E-state index is 0.281. The standard InChI is InChI=1S/C9H22N2O/c1-5-6-9(11(3)4)12-8-7-10-2/h9-10H,5-8H2,1-4H3. The van der Waals surface area contributed by atoms with Gasteiger partial charge in [0.1, 0.15) is 6.23 Å². The van der Waals surface area contributed by atoms with Crippen LogP contribution in [-0.2, 0) is 4.74 Å². The normalized spacial score (nSPS) is 13.8. The number of ether oxygens (including phenoxy) is 1. The van der Waals surface area contributed by atoms with E-state index in [1.807, 2.05) is 7.05 Å². The number of nitrogens with one attached hydrogen (secondary N) is 1. The van der Waals surface area contributed by atoms with E-state index in [1.54, 1.807) is 0 Å². The van der Waals surface area contributed by atoms with Crippen LogP contribution >= 0.6 is 0 Å². The lowest BCUT2D eigenvalue weighted by Gasteiger charge is -2.23. The average molecular weight is 174 g/mol. The Morgan fingerprint density at radius 3 is 2.50 bits per heavy atom. The van der Waals surface area contributed by atoms with E-state index < -0.39 is 0 Å². The van der Waals surface area contributed by atoms with E-state index in [4.69, 9.17) is 4.74 Å². The highest BCUT2D eigenvalue weighted by atomic mass is 16.5. The Bertz CT molecular complexity index is 96.5. The molecule has 1 N–H and O–H groups in total. The van der Waals surface area contributed by atoms with Gasteiger partial charge in [-0.1, -0.05) is 13.3 Å². The van der Waals surface area contributed by atoms with Gasteiger partial charge < -0.3 is 10.1 Å². The van der Waals surface area contributed by atoms with Gasteiger partial charge in [0, 0.05) is 6.54 Å². The van der Waals surface area contributed by atoms with Crippen LogP contribution < -0.4 is 5.32 Å². The predicted octanol–water partition coefficient (Wildman–Crippen LogP) is 0.910. The molecule has 0 aromatic rings. The van der Waals surface area contributed by atoms with Gasteiger partial charge in [0.25, 0.3) is 0 Å². The van der Waals surface area contributed by atoms with Crippen LogP contribution in [0, 0.1) is 0 Å². The van der Waals surface area contributed by atoms with Gasteiger partial charge in [0.2, 0.25) is 0 Å². The highest BCUT2D eigenvalue weighted by Gasteiger charge is 2.08. The number of nitrogens with zero attached hydrogens (tertiary/aromatic N) is 1. The second-order valence-corrected chi connectivity index (χ2v) is 3.18. The maximum Gasteiger partial charge on any atom is 0.110 e. The second-order valence-electron chi connectivity index (χ2n) is 3.18. The number of hydrogen-bond acceptors (Lipinski definition) is 3. The summed E-state index contributed by atoms with van der Waals surface area (Å²) in [6, 6.07) is 0. The molecule has 0 spiro atoms. The average Bonchev–Trinajstić information content (AvgIpc) is 2.03. The van der Waals surface area contributed by atoms with Crippen molar-refractivity contribution >= 4 is 0 Å². The molecular weight excluding hydrogens is 152 g/mol. The summed E-state index contributed by atoms with van der Waals surface area (Å²) in [5.74, 6) is 0. The van der Waals surface area contributed by atoms with E-state index in [-0.39, 0.29) is 6.23 Å².